The summed E-state index contributed by atoms with van der Waals surface area (Å²) in [6.07, 6.45) is 2.76. The summed E-state index contributed by atoms with van der Waals surface area (Å²) in [4.78, 5) is 12.2. The molecule has 0 bridgehead atoms. The average Bonchev–Trinajstić information content (AvgIpc) is 2.96. The summed E-state index contributed by atoms with van der Waals surface area (Å²) in [6.45, 7) is 16.3. The Labute approximate surface area is 176 Å². The lowest BCUT2D eigenvalue weighted by molar-refractivity contribution is 0.547. The van der Waals surface area contributed by atoms with Crippen molar-refractivity contribution in [2.75, 3.05) is 18.0 Å². The first-order valence-electron chi connectivity index (χ1n) is 11.1. The number of hydrogen-bond donors (Lipinski definition) is 1. The minimum absolute atomic E-state index is 0.184. The van der Waals surface area contributed by atoms with Crippen LogP contribution < -0.4 is 10.2 Å². The summed E-state index contributed by atoms with van der Waals surface area (Å²) in [7, 11) is 0. The SMILES string of the molecule is CC.CC[C@H](C)N(c1nc2c(c(-c3ccc(C)c(F)c3)n1)CCNCC2)C(C)C. The van der Waals surface area contributed by atoms with Crippen LogP contribution in [0.4, 0.5) is 10.3 Å². The van der Waals surface area contributed by atoms with Crippen molar-refractivity contribution in [3.63, 3.8) is 0 Å². The first kappa shape index (κ1) is 23.3. The van der Waals surface area contributed by atoms with Gasteiger partial charge in [-0.3, -0.25) is 0 Å². The smallest absolute Gasteiger partial charge is 0.226 e. The fourth-order valence-electron chi connectivity index (χ4n) is 3.76. The maximum atomic E-state index is 14.3. The molecule has 0 spiro atoms. The minimum atomic E-state index is -0.184. The molecular weight excluding hydrogens is 363 g/mol. The van der Waals surface area contributed by atoms with Crippen molar-refractivity contribution in [1.82, 2.24) is 15.3 Å². The summed E-state index contributed by atoms with van der Waals surface area (Å²) >= 11 is 0. The van der Waals surface area contributed by atoms with Gasteiger partial charge in [0.15, 0.2) is 0 Å². The van der Waals surface area contributed by atoms with E-state index >= 15 is 0 Å². The second-order valence-corrected chi connectivity index (χ2v) is 7.77. The maximum absolute atomic E-state index is 14.3. The molecule has 1 aliphatic rings. The summed E-state index contributed by atoms with van der Waals surface area (Å²) in [6, 6.07) is 6.07. The van der Waals surface area contributed by atoms with Crippen LogP contribution in [0.3, 0.4) is 0 Å². The van der Waals surface area contributed by atoms with Crippen LogP contribution in [0.15, 0.2) is 18.2 Å². The van der Waals surface area contributed by atoms with E-state index in [1.807, 2.05) is 26.0 Å². The van der Waals surface area contributed by atoms with Crippen molar-refractivity contribution in [2.45, 2.75) is 79.8 Å². The number of halogens is 1. The summed E-state index contributed by atoms with van der Waals surface area (Å²) in [5, 5.41) is 3.44. The lowest BCUT2D eigenvalue weighted by Crippen LogP contribution is -2.40. The van der Waals surface area contributed by atoms with Gasteiger partial charge in [-0.1, -0.05) is 32.9 Å². The zero-order chi connectivity index (χ0) is 21.6. The Morgan fingerprint density at radius 3 is 2.41 bits per heavy atom. The number of nitrogens with one attached hydrogen (secondary N) is 1. The number of anilines is 1. The molecule has 29 heavy (non-hydrogen) atoms. The summed E-state index contributed by atoms with van der Waals surface area (Å²) in [5.74, 6) is 0.576. The number of aryl methyl sites for hydroxylation is 1. The van der Waals surface area contributed by atoms with Gasteiger partial charge in [-0.2, -0.15) is 0 Å². The molecule has 160 valence electrons. The van der Waals surface area contributed by atoms with Crippen molar-refractivity contribution in [1.29, 1.82) is 0 Å². The average molecular weight is 401 g/mol. The molecule has 1 atom stereocenters. The van der Waals surface area contributed by atoms with Gasteiger partial charge in [0.05, 0.1) is 11.4 Å². The fraction of sp³-hybridized carbons (Fsp3) is 0.583. The first-order chi connectivity index (χ1) is 13.9. The van der Waals surface area contributed by atoms with E-state index in [2.05, 4.69) is 37.9 Å². The number of hydrogen-bond acceptors (Lipinski definition) is 4. The number of rotatable bonds is 5. The molecule has 2 aromatic rings. The molecule has 3 rings (SSSR count). The Bertz CT molecular complexity index is 804. The van der Waals surface area contributed by atoms with Crippen molar-refractivity contribution in [3.8, 4) is 11.3 Å². The second kappa shape index (κ2) is 10.7. The van der Waals surface area contributed by atoms with Crippen LogP contribution >= 0.6 is 0 Å². The second-order valence-electron chi connectivity index (χ2n) is 7.77. The van der Waals surface area contributed by atoms with Crippen molar-refractivity contribution >= 4 is 5.95 Å². The first-order valence-corrected chi connectivity index (χ1v) is 11.1. The van der Waals surface area contributed by atoms with Gasteiger partial charge in [0.1, 0.15) is 5.82 Å². The van der Waals surface area contributed by atoms with Crippen LogP contribution in [-0.4, -0.2) is 35.1 Å². The Kier molecular flexibility index (Phi) is 8.57. The number of nitrogens with zero attached hydrogens (tertiary/aromatic N) is 3. The van der Waals surface area contributed by atoms with Gasteiger partial charge >= 0.3 is 0 Å². The highest BCUT2D eigenvalue weighted by atomic mass is 19.1. The monoisotopic (exact) mass is 400 g/mol. The van der Waals surface area contributed by atoms with Gasteiger partial charge < -0.3 is 10.2 Å². The molecule has 0 amide bonds. The third kappa shape index (κ3) is 5.33. The Balaban J connectivity index is 0.00000145. The Hall–Kier alpha value is -2.01. The molecule has 1 N–H and O–H groups in total. The van der Waals surface area contributed by atoms with E-state index in [1.165, 1.54) is 0 Å². The zero-order valence-corrected chi connectivity index (χ0v) is 19.1. The number of benzene rings is 1. The normalized spacial score (nSPS) is 14.5. The lowest BCUT2D eigenvalue weighted by Gasteiger charge is -2.33. The van der Waals surface area contributed by atoms with Gasteiger partial charge in [-0.15, -0.1) is 0 Å². The highest BCUT2D eigenvalue weighted by Gasteiger charge is 2.24. The van der Waals surface area contributed by atoms with Gasteiger partial charge in [0, 0.05) is 36.2 Å². The van der Waals surface area contributed by atoms with E-state index in [0.29, 0.717) is 17.6 Å². The van der Waals surface area contributed by atoms with Crippen molar-refractivity contribution in [3.05, 3.63) is 40.8 Å². The Morgan fingerprint density at radius 2 is 1.79 bits per heavy atom. The predicted molar refractivity (Wildman–Crippen MR) is 121 cm³/mol. The largest absolute Gasteiger partial charge is 0.336 e. The fourth-order valence-corrected chi connectivity index (χ4v) is 3.76. The van der Waals surface area contributed by atoms with E-state index in [4.69, 9.17) is 9.97 Å². The van der Waals surface area contributed by atoms with Gasteiger partial charge in [-0.05, 0) is 58.7 Å². The van der Waals surface area contributed by atoms with E-state index in [1.54, 1.807) is 13.0 Å². The molecular formula is C24H37FN4. The highest BCUT2D eigenvalue weighted by Crippen LogP contribution is 2.30. The zero-order valence-electron chi connectivity index (χ0n) is 19.1. The Morgan fingerprint density at radius 1 is 1.10 bits per heavy atom. The topological polar surface area (TPSA) is 41.1 Å². The molecule has 0 unspecified atom stereocenters. The molecule has 0 saturated carbocycles. The molecule has 4 nitrogen and oxygen atoms in total. The predicted octanol–water partition coefficient (Wildman–Crippen LogP) is 5.32. The summed E-state index contributed by atoms with van der Waals surface area (Å²) in [5.41, 5.74) is 4.62. The van der Waals surface area contributed by atoms with Crippen LogP contribution in [0, 0.1) is 12.7 Å². The third-order valence-electron chi connectivity index (χ3n) is 5.47. The molecule has 0 aliphatic carbocycles. The van der Waals surface area contributed by atoms with Gasteiger partial charge in [0.2, 0.25) is 5.95 Å². The van der Waals surface area contributed by atoms with Crippen LogP contribution in [0.2, 0.25) is 0 Å². The molecule has 0 fully saturated rings. The van der Waals surface area contributed by atoms with Crippen molar-refractivity contribution in [2.24, 2.45) is 0 Å². The third-order valence-corrected chi connectivity index (χ3v) is 5.47. The molecule has 0 saturated heterocycles. The van der Waals surface area contributed by atoms with Crippen LogP contribution in [0.1, 0.15) is 64.8 Å². The van der Waals surface area contributed by atoms with E-state index in [-0.39, 0.29) is 5.82 Å². The summed E-state index contributed by atoms with van der Waals surface area (Å²) < 4.78 is 14.3. The quantitative estimate of drug-likeness (QED) is 0.737. The number of aromatic nitrogens is 2. The lowest BCUT2D eigenvalue weighted by atomic mass is 10.00. The molecule has 1 aromatic heterocycles. The maximum Gasteiger partial charge on any atom is 0.226 e. The molecule has 0 radical (unpaired) electrons. The van der Waals surface area contributed by atoms with Crippen LogP contribution in [-0.2, 0) is 12.8 Å². The molecule has 5 heteroatoms. The van der Waals surface area contributed by atoms with E-state index in [0.717, 1.165) is 60.8 Å². The molecule has 1 aliphatic heterocycles. The highest BCUT2D eigenvalue weighted by molar-refractivity contribution is 5.66. The van der Waals surface area contributed by atoms with Gasteiger partial charge in [0.25, 0.3) is 0 Å². The van der Waals surface area contributed by atoms with Crippen LogP contribution in [0.25, 0.3) is 11.3 Å². The molecule has 2 heterocycles. The van der Waals surface area contributed by atoms with Gasteiger partial charge in [-0.25, -0.2) is 14.4 Å². The standard InChI is InChI=1S/C22H31FN4.C2H6/c1-6-16(5)27(14(2)3)22-25-20-10-12-24-11-9-18(20)21(26-22)17-8-7-15(4)19(23)13-17;1-2/h7-8,13-14,16,24H,6,9-12H2,1-5H3;1-2H3/t16-;/m0./s1. The molecule has 1 aromatic carbocycles. The van der Waals surface area contributed by atoms with E-state index < -0.39 is 0 Å². The van der Waals surface area contributed by atoms with Crippen LogP contribution in [0.5, 0.6) is 0 Å². The van der Waals surface area contributed by atoms with Crippen molar-refractivity contribution < 1.29 is 4.39 Å². The number of fused-ring (bicyclic) bond motifs is 1. The van der Waals surface area contributed by atoms with E-state index in [9.17, 15) is 4.39 Å². The minimum Gasteiger partial charge on any atom is -0.336 e.